The van der Waals surface area contributed by atoms with Gasteiger partial charge in [-0.15, -0.1) is 0 Å². The zero-order valence-electron chi connectivity index (χ0n) is 14.5. The van der Waals surface area contributed by atoms with Gasteiger partial charge in [-0.1, -0.05) is 61.5 Å². The summed E-state index contributed by atoms with van der Waals surface area (Å²) in [4.78, 5) is 0. The number of hydrogen-bond acceptors (Lipinski definition) is 0. The first-order chi connectivity index (χ1) is 11.8. The number of rotatable bonds is 5. The van der Waals surface area contributed by atoms with E-state index in [0.29, 0.717) is 18.2 Å². The quantitative estimate of drug-likeness (QED) is 0.552. The van der Waals surface area contributed by atoms with Crippen LogP contribution in [0, 0.1) is 5.92 Å². The van der Waals surface area contributed by atoms with Crippen LogP contribution < -0.4 is 0 Å². The fourth-order valence-electron chi connectivity index (χ4n) is 3.86. The molecule has 1 fully saturated rings. The summed E-state index contributed by atoms with van der Waals surface area (Å²) in [6, 6.07) is 18.0. The van der Waals surface area contributed by atoms with Gasteiger partial charge in [0, 0.05) is 0 Å². The molecule has 0 amide bonds. The summed E-state index contributed by atoms with van der Waals surface area (Å²) < 4.78 is 12.1. The van der Waals surface area contributed by atoms with Crippen molar-refractivity contribution in [2.45, 2.75) is 51.4 Å². The standard InChI is InChI=1S/C23H27F/c1-2-18-5-9-20(10-6-18)22-13-15-23(16-14-22)21-11-7-19(8-12-21)4-3-17-24/h3,5-6,9-10,13-17,19,21H,2,4,7-8,11-12H2,1H3. The zero-order valence-corrected chi connectivity index (χ0v) is 14.5. The van der Waals surface area contributed by atoms with Crippen molar-refractivity contribution in [3.05, 3.63) is 72.1 Å². The third-order valence-corrected chi connectivity index (χ3v) is 5.48. The molecule has 2 aromatic rings. The molecular weight excluding hydrogens is 295 g/mol. The van der Waals surface area contributed by atoms with E-state index in [1.54, 1.807) is 6.08 Å². The first kappa shape index (κ1) is 17.0. The number of hydrogen-bond donors (Lipinski definition) is 0. The molecule has 0 heterocycles. The molecule has 0 radical (unpaired) electrons. The first-order valence-corrected chi connectivity index (χ1v) is 9.24. The average Bonchev–Trinajstić information content (AvgIpc) is 2.67. The molecule has 0 aliphatic heterocycles. The SMILES string of the molecule is CCc1ccc(-c2ccc(C3CCC(CC=CF)CC3)cc2)cc1. The van der Waals surface area contributed by atoms with Crippen molar-refractivity contribution in [1.29, 1.82) is 0 Å². The number of allylic oxidation sites excluding steroid dienone is 1. The summed E-state index contributed by atoms with van der Waals surface area (Å²) in [6.45, 7) is 2.19. The Morgan fingerprint density at radius 2 is 1.46 bits per heavy atom. The summed E-state index contributed by atoms with van der Waals surface area (Å²) in [7, 11) is 0. The Hall–Kier alpha value is -1.89. The Bertz CT molecular complexity index is 643. The van der Waals surface area contributed by atoms with E-state index in [-0.39, 0.29) is 0 Å². The second kappa shape index (κ2) is 8.28. The van der Waals surface area contributed by atoms with Crippen LogP contribution in [0.1, 0.15) is 56.1 Å². The van der Waals surface area contributed by atoms with E-state index in [2.05, 4.69) is 55.5 Å². The zero-order chi connectivity index (χ0) is 16.8. The van der Waals surface area contributed by atoms with Crippen LogP contribution in [-0.4, -0.2) is 0 Å². The minimum absolute atomic E-state index is 0.671. The molecule has 1 aliphatic carbocycles. The van der Waals surface area contributed by atoms with E-state index in [1.807, 2.05) is 0 Å². The largest absolute Gasteiger partial charge is 0.216 e. The summed E-state index contributed by atoms with van der Waals surface area (Å²) in [5, 5.41) is 0. The van der Waals surface area contributed by atoms with Gasteiger partial charge in [-0.2, -0.15) is 0 Å². The molecule has 0 nitrogen and oxygen atoms in total. The van der Waals surface area contributed by atoms with Crippen LogP contribution in [0.2, 0.25) is 0 Å². The minimum atomic E-state index is 0.671. The maximum atomic E-state index is 12.1. The lowest BCUT2D eigenvalue weighted by atomic mass is 9.77. The molecule has 0 aromatic heterocycles. The van der Waals surface area contributed by atoms with Crippen LogP contribution in [0.25, 0.3) is 11.1 Å². The molecule has 126 valence electrons. The second-order valence-corrected chi connectivity index (χ2v) is 6.99. The van der Waals surface area contributed by atoms with Gasteiger partial charge in [0.25, 0.3) is 0 Å². The van der Waals surface area contributed by atoms with E-state index in [4.69, 9.17) is 0 Å². The highest BCUT2D eigenvalue weighted by Gasteiger charge is 2.21. The smallest absolute Gasteiger partial charge is 0.0827 e. The molecule has 0 unspecified atom stereocenters. The van der Waals surface area contributed by atoms with Crippen molar-refractivity contribution in [2.24, 2.45) is 5.92 Å². The topological polar surface area (TPSA) is 0 Å². The Labute approximate surface area is 145 Å². The molecule has 2 aromatic carbocycles. The van der Waals surface area contributed by atoms with Gasteiger partial charge in [0.1, 0.15) is 0 Å². The summed E-state index contributed by atoms with van der Waals surface area (Å²) in [6.07, 6.45) is 9.25. The van der Waals surface area contributed by atoms with Gasteiger partial charge in [-0.3, -0.25) is 0 Å². The summed E-state index contributed by atoms with van der Waals surface area (Å²) in [5.41, 5.74) is 5.43. The van der Waals surface area contributed by atoms with E-state index < -0.39 is 0 Å². The van der Waals surface area contributed by atoms with Gasteiger partial charge < -0.3 is 0 Å². The van der Waals surface area contributed by atoms with Crippen molar-refractivity contribution in [3.63, 3.8) is 0 Å². The second-order valence-electron chi connectivity index (χ2n) is 6.99. The number of benzene rings is 2. The van der Waals surface area contributed by atoms with E-state index in [0.717, 1.165) is 12.8 Å². The van der Waals surface area contributed by atoms with Gasteiger partial charge in [0.15, 0.2) is 0 Å². The van der Waals surface area contributed by atoms with Crippen molar-refractivity contribution in [3.8, 4) is 11.1 Å². The van der Waals surface area contributed by atoms with E-state index in [9.17, 15) is 4.39 Å². The molecule has 1 aliphatic rings. The fourth-order valence-corrected chi connectivity index (χ4v) is 3.86. The average molecular weight is 322 g/mol. The van der Waals surface area contributed by atoms with Crippen molar-refractivity contribution >= 4 is 0 Å². The third-order valence-electron chi connectivity index (χ3n) is 5.48. The summed E-state index contributed by atoms with van der Waals surface area (Å²) in [5.74, 6) is 1.34. The first-order valence-electron chi connectivity index (χ1n) is 9.24. The number of halogens is 1. The lowest BCUT2D eigenvalue weighted by molar-refractivity contribution is 0.327. The van der Waals surface area contributed by atoms with Gasteiger partial charge in [-0.25, -0.2) is 4.39 Å². The highest BCUT2D eigenvalue weighted by Crippen LogP contribution is 2.37. The van der Waals surface area contributed by atoms with E-state index in [1.165, 1.54) is 47.9 Å². The van der Waals surface area contributed by atoms with Crippen LogP contribution in [0.4, 0.5) is 4.39 Å². The lowest BCUT2D eigenvalue weighted by Crippen LogP contribution is -2.12. The highest BCUT2D eigenvalue weighted by molar-refractivity contribution is 5.64. The Kier molecular flexibility index (Phi) is 5.85. The van der Waals surface area contributed by atoms with Crippen molar-refractivity contribution in [2.75, 3.05) is 0 Å². The Balaban J connectivity index is 1.62. The molecule has 24 heavy (non-hydrogen) atoms. The molecular formula is C23H27F. The maximum Gasteiger partial charge on any atom is 0.0827 e. The Morgan fingerprint density at radius 1 is 0.875 bits per heavy atom. The predicted molar refractivity (Wildman–Crippen MR) is 101 cm³/mol. The molecule has 1 heteroatoms. The van der Waals surface area contributed by atoms with Crippen LogP contribution in [-0.2, 0) is 6.42 Å². The molecule has 1 saturated carbocycles. The minimum Gasteiger partial charge on any atom is -0.216 e. The predicted octanol–water partition coefficient (Wildman–Crippen LogP) is 7.06. The molecule has 0 saturated heterocycles. The fraction of sp³-hybridized carbons (Fsp3) is 0.391. The van der Waals surface area contributed by atoms with Crippen LogP contribution in [0.5, 0.6) is 0 Å². The van der Waals surface area contributed by atoms with E-state index >= 15 is 0 Å². The molecule has 3 rings (SSSR count). The van der Waals surface area contributed by atoms with Gasteiger partial charge in [0.2, 0.25) is 0 Å². The number of aryl methyl sites for hydroxylation is 1. The monoisotopic (exact) mass is 322 g/mol. The van der Waals surface area contributed by atoms with Gasteiger partial charge >= 0.3 is 0 Å². The van der Waals surface area contributed by atoms with Crippen molar-refractivity contribution < 1.29 is 4.39 Å². The Morgan fingerprint density at radius 3 is 2.00 bits per heavy atom. The normalized spacial score (nSPS) is 21.2. The molecule has 0 bridgehead atoms. The van der Waals surface area contributed by atoms with Crippen LogP contribution in [0.15, 0.2) is 60.9 Å². The maximum absolute atomic E-state index is 12.1. The van der Waals surface area contributed by atoms with Crippen LogP contribution in [0.3, 0.4) is 0 Å². The third kappa shape index (κ3) is 4.14. The van der Waals surface area contributed by atoms with Gasteiger partial charge in [-0.05, 0) is 72.6 Å². The summed E-state index contributed by atoms with van der Waals surface area (Å²) >= 11 is 0. The molecule has 0 N–H and O–H groups in total. The van der Waals surface area contributed by atoms with Gasteiger partial charge in [0.05, 0.1) is 6.33 Å². The molecule has 0 spiro atoms. The van der Waals surface area contributed by atoms with Crippen molar-refractivity contribution in [1.82, 2.24) is 0 Å². The lowest BCUT2D eigenvalue weighted by Gasteiger charge is -2.28. The highest BCUT2D eigenvalue weighted by atomic mass is 19.1. The van der Waals surface area contributed by atoms with Crippen LogP contribution >= 0.6 is 0 Å². The molecule has 0 atom stereocenters.